The smallest absolute Gasteiger partial charge is 0.256 e. The molecule has 0 saturated heterocycles. The first-order valence-electron chi connectivity index (χ1n) is 8.25. The van der Waals surface area contributed by atoms with E-state index in [1.165, 1.54) is 18.5 Å². The Balaban J connectivity index is 1.74. The molecule has 4 nitrogen and oxygen atoms in total. The van der Waals surface area contributed by atoms with Crippen LogP contribution in [0.2, 0.25) is 5.02 Å². The number of nitrogens with one attached hydrogen (secondary N) is 1. The molecule has 0 spiro atoms. The maximum Gasteiger partial charge on any atom is 0.256 e. The van der Waals surface area contributed by atoms with Crippen molar-refractivity contribution in [3.63, 3.8) is 0 Å². The molecule has 2 aromatic carbocycles. The number of imidazole rings is 1. The maximum atomic E-state index is 14.0. The van der Waals surface area contributed by atoms with E-state index in [1.807, 2.05) is 36.1 Å². The van der Waals surface area contributed by atoms with E-state index in [-0.39, 0.29) is 18.0 Å². The van der Waals surface area contributed by atoms with E-state index in [2.05, 4.69) is 9.97 Å². The van der Waals surface area contributed by atoms with Crippen LogP contribution in [0.5, 0.6) is 0 Å². The van der Waals surface area contributed by atoms with Crippen LogP contribution < -0.4 is 0 Å². The number of hydrogen-bond acceptors (Lipinski definition) is 2. The summed E-state index contributed by atoms with van der Waals surface area (Å²) in [5.41, 5.74) is 2.32. The highest BCUT2D eigenvalue weighted by Gasteiger charge is 2.37. The number of nitrogens with zero attached hydrogens (tertiary/aromatic N) is 2. The topological polar surface area (TPSA) is 49.0 Å². The van der Waals surface area contributed by atoms with Gasteiger partial charge in [-0.2, -0.15) is 0 Å². The first-order valence-corrected chi connectivity index (χ1v) is 8.63. The minimum absolute atomic E-state index is 0.130. The van der Waals surface area contributed by atoms with Gasteiger partial charge in [0, 0.05) is 11.1 Å². The third-order valence-electron chi connectivity index (χ3n) is 4.66. The van der Waals surface area contributed by atoms with Gasteiger partial charge >= 0.3 is 0 Å². The van der Waals surface area contributed by atoms with Gasteiger partial charge in [-0.15, -0.1) is 0 Å². The quantitative estimate of drug-likeness (QED) is 0.734. The molecular formula is C19H17ClFN3O. The highest BCUT2D eigenvalue weighted by molar-refractivity contribution is 6.30. The Labute approximate surface area is 149 Å². The predicted molar refractivity (Wildman–Crippen MR) is 95.1 cm³/mol. The van der Waals surface area contributed by atoms with Crippen LogP contribution in [0.4, 0.5) is 4.39 Å². The van der Waals surface area contributed by atoms with Crippen molar-refractivity contribution in [2.24, 2.45) is 0 Å². The minimum Gasteiger partial charge on any atom is -0.344 e. The van der Waals surface area contributed by atoms with E-state index < -0.39 is 5.82 Å². The van der Waals surface area contributed by atoms with Crippen LogP contribution in [0.3, 0.4) is 0 Å². The fourth-order valence-corrected chi connectivity index (χ4v) is 3.36. The van der Waals surface area contributed by atoms with Gasteiger partial charge in [0.15, 0.2) is 0 Å². The van der Waals surface area contributed by atoms with Crippen molar-refractivity contribution in [3.8, 4) is 0 Å². The normalized spacial score (nSPS) is 15.3. The number of carbonyl (C=O) groups is 1. The fourth-order valence-electron chi connectivity index (χ4n) is 3.23. The van der Waals surface area contributed by atoms with Gasteiger partial charge in [-0.1, -0.05) is 23.7 Å². The van der Waals surface area contributed by atoms with Gasteiger partial charge < -0.3 is 9.88 Å². The number of rotatable bonds is 4. The van der Waals surface area contributed by atoms with Crippen LogP contribution in [-0.2, 0) is 0 Å². The number of carbonyl (C=O) groups excluding carboxylic acids is 1. The zero-order valence-corrected chi connectivity index (χ0v) is 14.4. The summed E-state index contributed by atoms with van der Waals surface area (Å²) in [5.74, 6) is -0.642. The number of aromatic amines is 1. The fraction of sp³-hybridized carbons (Fsp3) is 0.263. The van der Waals surface area contributed by atoms with Gasteiger partial charge in [0.2, 0.25) is 0 Å². The van der Waals surface area contributed by atoms with E-state index in [0.29, 0.717) is 21.6 Å². The summed E-state index contributed by atoms with van der Waals surface area (Å²) in [7, 11) is 0. The van der Waals surface area contributed by atoms with Crippen LogP contribution in [0.1, 0.15) is 41.7 Å². The van der Waals surface area contributed by atoms with Gasteiger partial charge in [-0.25, -0.2) is 9.37 Å². The zero-order chi connectivity index (χ0) is 17.6. The van der Waals surface area contributed by atoms with Crippen molar-refractivity contribution in [1.29, 1.82) is 0 Å². The molecule has 6 heteroatoms. The zero-order valence-electron chi connectivity index (χ0n) is 13.7. The molecule has 3 aromatic rings. The first-order chi connectivity index (χ1) is 12.0. The maximum absolute atomic E-state index is 14.0. The van der Waals surface area contributed by atoms with Crippen LogP contribution in [-0.4, -0.2) is 26.8 Å². The lowest BCUT2D eigenvalue weighted by Crippen LogP contribution is -2.35. The van der Waals surface area contributed by atoms with Crippen molar-refractivity contribution in [2.75, 3.05) is 0 Å². The predicted octanol–water partition coefficient (Wildman–Crippen LogP) is 4.72. The summed E-state index contributed by atoms with van der Waals surface area (Å²) in [6.07, 6.45) is 3.40. The number of H-pyrrole nitrogens is 1. The van der Waals surface area contributed by atoms with E-state index in [1.54, 1.807) is 0 Å². The lowest BCUT2D eigenvalue weighted by molar-refractivity contribution is 0.0675. The second-order valence-corrected chi connectivity index (χ2v) is 6.86. The standard InChI is InChI=1S/C19H17ClFN3O/c1-11(12-2-4-13(20)5-3-12)24(15-6-7-15)19(25)16-8-14(21)9-17-18(16)23-10-22-17/h2-5,8-11,15H,6-7H2,1H3,(H,22,23)/t11-/m1/s1. The van der Waals surface area contributed by atoms with E-state index in [9.17, 15) is 9.18 Å². The first kappa shape index (κ1) is 16.1. The number of amides is 1. The number of fused-ring (bicyclic) bond motifs is 1. The average molecular weight is 358 g/mol. The summed E-state index contributed by atoms with van der Waals surface area (Å²) < 4.78 is 14.0. The molecule has 128 valence electrons. The molecule has 0 radical (unpaired) electrons. The molecule has 1 atom stereocenters. The van der Waals surface area contributed by atoms with E-state index in [4.69, 9.17) is 11.6 Å². The molecule has 0 bridgehead atoms. The summed E-state index contributed by atoms with van der Waals surface area (Å²) in [5, 5.41) is 0.656. The highest BCUT2D eigenvalue weighted by Crippen LogP contribution is 2.36. The highest BCUT2D eigenvalue weighted by atomic mass is 35.5. The molecule has 1 fully saturated rings. The van der Waals surface area contributed by atoms with Gasteiger partial charge in [0.1, 0.15) is 11.3 Å². The third kappa shape index (κ3) is 3.00. The second kappa shape index (κ2) is 6.15. The summed E-state index contributed by atoms with van der Waals surface area (Å²) in [6, 6.07) is 10.1. The molecule has 4 rings (SSSR count). The van der Waals surface area contributed by atoms with Crippen LogP contribution in [0.15, 0.2) is 42.7 Å². The lowest BCUT2D eigenvalue weighted by atomic mass is 10.0. The second-order valence-electron chi connectivity index (χ2n) is 6.42. The van der Waals surface area contributed by atoms with Crippen molar-refractivity contribution in [3.05, 3.63) is 64.7 Å². The van der Waals surface area contributed by atoms with Crippen molar-refractivity contribution < 1.29 is 9.18 Å². The molecule has 1 N–H and O–H groups in total. The number of hydrogen-bond donors (Lipinski definition) is 1. The van der Waals surface area contributed by atoms with E-state index >= 15 is 0 Å². The van der Waals surface area contributed by atoms with Crippen molar-refractivity contribution in [2.45, 2.75) is 31.8 Å². The molecule has 0 aliphatic heterocycles. The molecule has 25 heavy (non-hydrogen) atoms. The summed E-state index contributed by atoms with van der Waals surface area (Å²) in [4.78, 5) is 22.2. The Bertz CT molecular complexity index is 933. The number of halogens is 2. The van der Waals surface area contributed by atoms with Gasteiger partial charge in [0.25, 0.3) is 5.91 Å². The monoisotopic (exact) mass is 357 g/mol. The number of benzene rings is 2. The molecule has 1 amide bonds. The lowest BCUT2D eigenvalue weighted by Gasteiger charge is -2.30. The Hall–Kier alpha value is -2.40. The molecule has 1 heterocycles. The van der Waals surface area contributed by atoms with Crippen molar-refractivity contribution in [1.82, 2.24) is 14.9 Å². The summed E-state index contributed by atoms with van der Waals surface area (Å²) >= 11 is 5.97. The Kier molecular flexibility index (Phi) is 3.96. The van der Waals surface area contributed by atoms with Gasteiger partial charge in [-0.05, 0) is 49.6 Å². The third-order valence-corrected chi connectivity index (χ3v) is 4.92. The van der Waals surface area contributed by atoms with E-state index in [0.717, 1.165) is 18.4 Å². The SMILES string of the molecule is C[C@H](c1ccc(Cl)cc1)N(C(=O)c1cc(F)cc2[nH]cnc12)C1CC1. The Morgan fingerprint density at radius 2 is 2.04 bits per heavy atom. The molecule has 1 aromatic heterocycles. The molecule has 1 aliphatic carbocycles. The van der Waals surface area contributed by atoms with Crippen LogP contribution in [0.25, 0.3) is 11.0 Å². The molecule has 1 saturated carbocycles. The average Bonchev–Trinajstić information content (AvgIpc) is 3.31. The Morgan fingerprint density at radius 1 is 1.32 bits per heavy atom. The Morgan fingerprint density at radius 3 is 2.72 bits per heavy atom. The molecule has 1 aliphatic rings. The minimum atomic E-state index is -0.449. The largest absolute Gasteiger partial charge is 0.344 e. The molecular weight excluding hydrogens is 341 g/mol. The van der Waals surface area contributed by atoms with Crippen molar-refractivity contribution >= 4 is 28.5 Å². The molecule has 0 unspecified atom stereocenters. The van der Waals surface area contributed by atoms with Crippen LogP contribution >= 0.6 is 11.6 Å². The van der Waals surface area contributed by atoms with Gasteiger partial charge in [0.05, 0.1) is 23.4 Å². The summed E-state index contributed by atoms with van der Waals surface area (Å²) in [6.45, 7) is 1.99. The number of aromatic nitrogens is 2. The van der Waals surface area contributed by atoms with Crippen LogP contribution in [0, 0.1) is 5.82 Å². The van der Waals surface area contributed by atoms with Gasteiger partial charge in [-0.3, -0.25) is 4.79 Å².